The molecule has 2 amide bonds. The Bertz CT molecular complexity index is 734. The van der Waals surface area contributed by atoms with Crippen molar-refractivity contribution in [2.45, 2.75) is 12.1 Å². The molecule has 22 heavy (non-hydrogen) atoms. The van der Waals surface area contributed by atoms with Crippen LogP contribution in [0.4, 0.5) is 4.79 Å². The molecule has 2 aliphatic heterocycles. The molecule has 3 unspecified atom stereocenters. The Labute approximate surface area is 133 Å². The zero-order valence-corrected chi connectivity index (χ0v) is 12.5. The van der Waals surface area contributed by atoms with Crippen molar-refractivity contribution < 1.29 is 9.53 Å². The monoisotopic (exact) mass is 314 g/mol. The number of para-hydroxylation sites is 1. The molecule has 0 radical (unpaired) electrons. The molecule has 112 valence electrons. The van der Waals surface area contributed by atoms with Gasteiger partial charge in [-0.3, -0.25) is 0 Å². The minimum atomic E-state index is -0.164. The van der Waals surface area contributed by atoms with E-state index >= 15 is 0 Å². The van der Waals surface area contributed by atoms with Crippen molar-refractivity contribution >= 4 is 17.6 Å². The number of fused-ring (bicyclic) bond motifs is 3. The quantitative estimate of drug-likeness (QED) is 0.847. The Morgan fingerprint density at radius 1 is 1.05 bits per heavy atom. The van der Waals surface area contributed by atoms with Crippen molar-refractivity contribution in [3.8, 4) is 5.75 Å². The van der Waals surface area contributed by atoms with E-state index < -0.39 is 0 Å². The van der Waals surface area contributed by atoms with Crippen LogP contribution >= 0.6 is 11.6 Å². The summed E-state index contributed by atoms with van der Waals surface area (Å²) in [7, 11) is 0. The molecule has 4 rings (SSSR count). The van der Waals surface area contributed by atoms with Gasteiger partial charge in [0.2, 0.25) is 0 Å². The molecule has 0 saturated carbocycles. The summed E-state index contributed by atoms with van der Waals surface area (Å²) >= 11 is 6.10. The van der Waals surface area contributed by atoms with Crippen LogP contribution < -0.4 is 15.4 Å². The van der Waals surface area contributed by atoms with Crippen molar-refractivity contribution in [3.63, 3.8) is 0 Å². The fourth-order valence-corrected chi connectivity index (χ4v) is 3.52. The summed E-state index contributed by atoms with van der Waals surface area (Å²) in [6.45, 7) is 0.548. The van der Waals surface area contributed by atoms with E-state index in [4.69, 9.17) is 16.3 Å². The fourth-order valence-electron chi connectivity index (χ4n) is 3.32. The Morgan fingerprint density at radius 3 is 2.73 bits per heavy atom. The van der Waals surface area contributed by atoms with Gasteiger partial charge in [0.25, 0.3) is 0 Å². The van der Waals surface area contributed by atoms with Gasteiger partial charge in [0.15, 0.2) is 0 Å². The highest BCUT2D eigenvalue weighted by Gasteiger charge is 2.42. The van der Waals surface area contributed by atoms with E-state index in [-0.39, 0.29) is 24.0 Å². The predicted molar refractivity (Wildman–Crippen MR) is 84.0 cm³/mol. The first-order chi connectivity index (χ1) is 10.7. The standard InChI is InChI=1S/C17H15ClN2O2/c18-11-5-3-4-10(8-11)15-13-9-22-14-7-2-1-6-12(14)16(13)20-17(21)19-15/h1-8,13,15-16H,9H2,(H2,19,20,21). The molecule has 0 aromatic heterocycles. The summed E-state index contributed by atoms with van der Waals surface area (Å²) in [6, 6.07) is 15.1. The maximum Gasteiger partial charge on any atom is 0.315 e. The SMILES string of the molecule is O=C1NC(c2cccc(Cl)c2)C2COc3ccccc3C2N1. The number of benzene rings is 2. The summed E-state index contributed by atoms with van der Waals surface area (Å²) in [4.78, 5) is 12.1. The molecule has 5 heteroatoms. The minimum absolute atomic E-state index is 0.0531. The Hall–Kier alpha value is -2.20. The van der Waals surface area contributed by atoms with Gasteiger partial charge in [-0.25, -0.2) is 4.79 Å². The van der Waals surface area contributed by atoms with E-state index in [0.29, 0.717) is 11.6 Å². The second-order valence-corrected chi connectivity index (χ2v) is 6.08. The summed E-state index contributed by atoms with van der Waals surface area (Å²) < 4.78 is 5.89. The first-order valence-corrected chi connectivity index (χ1v) is 7.64. The first kappa shape index (κ1) is 13.5. The van der Waals surface area contributed by atoms with Crippen molar-refractivity contribution in [1.82, 2.24) is 10.6 Å². The normalized spacial score (nSPS) is 26.0. The molecule has 0 spiro atoms. The number of carbonyl (C=O) groups excluding carboxylic acids is 1. The van der Waals surface area contributed by atoms with Crippen LogP contribution in [-0.2, 0) is 0 Å². The molecule has 2 aromatic carbocycles. The smallest absolute Gasteiger partial charge is 0.315 e. The number of nitrogens with one attached hydrogen (secondary N) is 2. The molecule has 2 N–H and O–H groups in total. The lowest BCUT2D eigenvalue weighted by Gasteiger charge is -2.42. The van der Waals surface area contributed by atoms with Gasteiger partial charge in [-0.15, -0.1) is 0 Å². The average Bonchev–Trinajstić information content (AvgIpc) is 2.54. The van der Waals surface area contributed by atoms with Gasteiger partial charge >= 0.3 is 6.03 Å². The molecular formula is C17H15ClN2O2. The first-order valence-electron chi connectivity index (χ1n) is 7.26. The van der Waals surface area contributed by atoms with Crippen LogP contribution in [0.2, 0.25) is 5.02 Å². The number of hydrogen-bond acceptors (Lipinski definition) is 2. The van der Waals surface area contributed by atoms with Gasteiger partial charge in [0.1, 0.15) is 5.75 Å². The molecule has 2 heterocycles. The lowest BCUT2D eigenvalue weighted by molar-refractivity contribution is 0.122. The number of amides is 2. The zero-order valence-electron chi connectivity index (χ0n) is 11.8. The Morgan fingerprint density at radius 2 is 1.86 bits per heavy atom. The minimum Gasteiger partial charge on any atom is -0.493 e. The number of ether oxygens (including phenoxy) is 1. The van der Waals surface area contributed by atoms with Gasteiger partial charge in [-0.05, 0) is 23.8 Å². The Kier molecular flexibility index (Phi) is 3.19. The van der Waals surface area contributed by atoms with Crippen LogP contribution in [0.1, 0.15) is 23.2 Å². The molecule has 1 saturated heterocycles. The average molecular weight is 315 g/mol. The van der Waals surface area contributed by atoms with Crippen molar-refractivity contribution in [1.29, 1.82) is 0 Å². The summed E-state index contributed by atoms with van der Waals surface area (Å²) in [5.74, 6) is 0.960. The molecule has 1 fully saturated rings. The fraction of sp³-hybridized carbons (Fsp3) is 0.235. The predicted octanol–water partition coefficient (Wildman–Crippen LogP) is 3.44. The molecule has 2 aromatic rings. The summed E-state index contributed by atoms with van der Waals surface area (Å²) in [5, 5.41) is 6.69. The molecule has 2 aliphatic rings. The lowest BCUT2D eigenvalue weighted by Crippen LogP contribution is -2.54. The number of carbonyl (C=O) groups is 1. The number of rotatable bonds is 1. The van der Waals surface area contributed by atoms with Gasteiger partial charge in [-0.1, -0.05) is 41.9 Å². The van der Waals surface area contributed by atoms with Gasteiger partial charge in [0, 0.05) is 16.5 Å². The van der Waals surface area contributed by atoms with E-state index in [1.54, 1.807) is 0 Å². The molecule has 3 atom stereocenters. The van der Waals surface area contributed by atoms with Crippen LogP contribution in [0.15, 0.2) is 48.5 Å². The van der Waals surface area contributed by atoms with Crippen LogP contribution in [0, 0.1) is 5.92 Å². The number of urea groups is 1. The number of hydrogen-bond donors (Lipinski definition) is 2. The third kappa shape index (κ3) is 2.20. The third-order valence-electron chi connectivity index (χ3n) is 4.32. The molecule has 0 bridgehead atoms. The third-order valence-corrected chi connectivity index (χ3v) is 4.56. The van der Waals surface area contributed by atoms with E-state index in [1.807, 2.05) is 48.5 Å². The van der Waals surface area contributed by atoms with Crippen molar-refractivity contribution in [2.75, 3.05) is 6.61 Å². The highest BCUT2D eigenvalue weighted by atomic mass is 35.5. The second kappa shape index (κ2) is 5.21. The lowest BCUT2D eigenvalue weighted by atomic mass is 9.81. The Balaban J connectivity index is 1.75. The highest BCUT2D eigenvalue weighted by molar-refractivity contribution is 6.30. The number of halogens is 1. The van der Waals surface area contributed by atoms with Crippen LogP contribution in [0.5, 0.6) is 5.75 Å². The van der Waals surface area contributed by atoms with Gasteiger partial charge in [0.05, 0.1) is 18.7 Å². The van der Waals surface area contributed by atoms with Crippen molar-refractivity contribution in [3.05, 3.63) is 64.7 Å². The van der Waals surface area contributed by atoms with Crippen molar-refractivity contribution in [2.24, 2.45) is 5.92 Å². The van der Waals surface area contributed by atoms with E-state index in [2.05, 4.69) is 10.6 Å². The summed E-state index contributed by atoms with van der Waals surface area (Å²) in [5.41, 5.74) is 2.03. The molecular weight excluding hydrogens is 300 g/mol. The largest absolute Gasteiger partial charge is 0.493 e. The van der Waals surface area contributed by atoms with Crippen LogP contribution in [0.25, 0.3) is 0 Å². The van der Waals surface area contributed by atoms with E-state index in [9.17, 15) is 4.79 Å². The van der Waals surface area contributed by atoms with E-state index in [1.165, 1.54) is 0 Å². The molecule has 0 aliphatic carbocycles. The molecule has 4 nitrogen and oxygen atoms in total. The van der Waals surface area contributed by atoms with E-state index in [0.717, 1.165) is 16.9 Å². The topological polar surface area (TPSA) is 50.4 Å². The van der Waals surface area contributed by atoms with Crippen LogP contribution in [-0.4, -0.2) is 12.6 Å². The van der Waals surface area contributed by atoms with Gasteiger partial charge < -0.3 is 15.4 Å². The maximum absolute atomic E-state index is 12.1. The zero-order chi connectivity index (χ0) is 15.1. The maximum atomic E-state index is 12.1. The highest BCUT2D eigenvalue weighted by Crippen LogP contribution is 2.42. The second-order valence-electron chi connectivity index (χ2n) is 5.64. The summed E-state index contributed by atoms with van der Waals surface area (Å²) in [6.07, 6.45) is 0. The van der Waals surface area contributed by atoms with Gasteiger partial charge in [-0.2, -0.15) is 0 Å². The van der Waals surface area contributed by atoms with Crippen LogP contribution in [0.3, 0.4) is 0 Å².